The Morgan fingerprint density at radius 3 is 2.05 bits per heavy atom. The summed E-state index contributed by atoms with van der Waals surface area (Å²) in [6.07, 6.45) is -8.27. The molecule has 0 aliphatic rings. The van der Waals surface area contributed by atoms with E-state index in [4.69, 9.17) is 21.1 Å². The molecule has 0 aliphatic carbocycles. The standard InChI is InChI=1S/C10H21NO8/c11-2-5(13)1-8(16)19-4-7(15)10(18)9(17)6(14)3-12/h5-7,9-10,12-15,17-18H,1-4,11H2/t5?,6-,7+,9-,10-/m1/s1. The van der Waals surface area contributed by atoms with Gasteiger partial charge in [0, 0.05) is 6.54 Å². The summed E-state index contributed by atoms with van der Waals surface area (Å²) in [5.41, 5.74) is 5.08. The van der Waals surface area contributed by atoms with Gasteiger partial charge in [-0.05, 0) is 0 Å². The quantitative estimate of drug-likeness (QED) is 0.206. The summed E-state index contributed by atoms with van der Waals surface area (Å²) in [6, 6.07) is 0. The van der Waals surface area contributed by atoms with Gasteiger partial charge < -0.3 is 41.1 Å². The highest BCUT2D eigenvalue weighted by atomic mass is 16.5. The number of carbonyl (C=O) groups excluding carboxylic acids is 1. The Morgan fingerprint density at radius 2 is 1.58 bits per heavy atom. The smallest absolute Gasteiger partial charge is 0.308 e. The molecule has 1 unspecified atom stereocenters. The van der Waals surface area contributed by atoms with Gasteiger partial charge >= 0.3 is 5.97 Å². The number of nitrogens with two attached hydrogens (primary N) is 1. The van der Waals surface area contributed by atoms with Crippen molar-refractivity contribution < 1.29 is 40.2 Å². The molecule has 8 N–H and O–H groups in total. The third-order valence-corrected chi connectivity index (χ3v) is 2.41. The van der Waals surface area contributed by atoms with E-state index >= 15 is 0 Å². The van der Waals surface area contributed by atoms with Gasteiger partial charge in [0.05, 0.1) is 19.1 Å². The molecule has 9 heteroatoms. The number of esters is 1. The van der Waals surface area contributed by atoms with Gasteiger partial charge in [0.25, 0.3) is 0 Å². The number of hydrogen-bond acceptors (Lipinski definition) is 9. The monoisotopic (exact) mass is 283 g/mol. The van der Waals surface area contributed by atoms with Crippen LogP contribution in [0.5, 0.6) is 0 Å². The molecular weight excluding hydrogens is 262 g/mol. The molecule has 0 radical (unpaired) electrons. The Balaban J connectivity index is 4.09. The van der Waals surface area contributed by atoms with Crippen molar-refractivity contribution >= 4 is 5.97 Å². The third-order valence-electron chi connectivity index (χ3n) is 2.41. The summed E-state index contributed by atoms with van der Waals surface area (Å²) < 4.78 is 4.54. The first-order valence-electron chi connectivity index (χ1n) is 5.70. The van der Waals surface area contributed by atoms with Crippen LogP contribution < -0.4 is 5.73 Å². The topological polar surface area (TPSA) is 174 Å². The Kier molecular flexibility index (Phi) is 8.76. The SMILES string of the molecule is NCC(O)CC(=O)OC[C@H](O)[C@@H](O)[C@H](O)[C@H](O)CO. The van der Waals surface area contributed by atoms with Gasteiger partial charge in [0.2, 0.25) is 0 Å². The Bertz CT molecular complexity index is 264. The fraction of sp³-hybridized carbons (Fsp3) is 0.900. The Morgan fingerprint density at radius 1 is 1.05 bits per heavy atom. The van der Waals surface area contributed by atoms with Crippen molar-refractivity contribution in [1.29, 1.82) is 0 Å². The van der Waals surface area contributed by atoms with Crippen LogP contribution in [-0.2, 0) is 9.53 Å². The Hall–Kier alpha value is -0.810. The van der Waals surface area contributed by atoms with Crippen LogP contribution in [0.3, 0.4) is 0 Å². The molecular formula is C10H21NO8. The van der Waals surface area contributed by atoms with Gasteiger partial charge in [0.1, 0.15) is 31.0 Å². The minimum absolute atomic E-state index is 0.123. The predicted octanol–water partition coefficient (Wildman–Crippen LogP) is -4.32. The van der Waals surface area contributed by atoms with E-state index < -0.39 is 49.7 Å². The van der Waals surface area contributed by atoms with Crippen LogP contribution in [0.2, 0.25) is 0 Å². The lowest BCUT2D eigenvalue weighted by atomic mass is 10.0. The van der Waals surface area contributed by atoms with Crippen molar-refractivity contribution in [3.05, 3.63) is 0 Å². The zero-order chi connectivity index (χ0) is 15.0. The highest BCUT2D eigenvalue weighted by Gasteiger charge is 2.30. The predicted molar refractivity (Wildman–Crippen MR) is 61.8 cm³/mol. The van der Waals surface area contributed by atoms with E-state index in [0.717, 1.165) is 0 Å². The highest BCUT2D eigenvalue weighted by Crippen LogP contribution is 2.06. The van der Waals surface area contributed by atoms with Gasteiger partial charge in [-0.25, -0.2) is 0 Å². The number of hydrogen-bond donors (Lipinski definition) is 7. The molecule has 0 saturated heterocycles. The fourth-order valence-corrected chi connectivity index (χ4v) is 1.17. The number of rotatable bonds is 9. The molecule has 0 aromatic carbocycles. The van der Waals surface area contributed by atoms with Crippen molar-refractivity contribution in [2.75, 3.05) is 19.8 Å². The van der Waals surface area contributed by atoms with Gasteiger partial charge in [-0.2, -0.15) is 0 Å². The van der Waals surface area contributed by atoms with E-state index in [1.165, 1.54) is 0 Å². The summed E-state index contributed by atoms with van der Waals surface area (Å²) >= 11 is 0. The molecule has 114 valence electrons. The molecule has 0 spiro atoms. The second-order valence-electron chi connectivity index (χ2n) is 4.08. The molecule has 0 fully saturated rings. The molecule has 0 saturated carbocycles. The summed E-state index contributed by atoms with van der Waals surface area (Å²) in [5, 5.41) is 54.7. The van der Waals surface area contributed by atoms with Crippen LogP contribution in [0.1, 0.15) is 6.42 Å². The number of carbonyl (C=O) groups is 1. The zero-order valence-corrected chi connectivity index (χ0v) is 10.3. The summed E-state index contributed by atoms with van der Waals surface area (Å²) in [7, 11) is 0. The van der Waals surface area contributed by atoms with Crippen molar-refractivity contribution in [3.8, 4) is 0 Å². The van der Waals surface area contributed by atoms with E-state index in [1.807, 2.05) is 0 Å². The lowest BCUT2D eigenvalue weighted by molar-refractivity contribution is -0.157. The lowest BCUT2D eigenvalue weighted by Crippen LogP contribution is -2.47. The minimum Gasteiger partial charge on any atom is -0.463 e. The molecule has 0 heterocycles. The van der Waals surface area contributed by atoms with Gasteiger partial charge in [-0.15, -0.1) is 0 Å². The molecule has 0 rings (SSSR count). The van der Waals surface area contributed by atoms with Crippen molar-refractivity contribution in [3.63, 3.8) is 0 Å². The van der Waals surface area contributed by atoms with E-state index in [1.54, 1.807) is 0 Å². The van der Waals surface area contributed by atoms with E-state index in [9.17, 15) is 20.1 Å². The first kappa shape index (κ1) is 18.2. The lowest BCUT2D eigenvalue weighted by Gasteiger charge is -2.25. The maximum atomic E-state index is 11.1. The molecule has 0 amide bonds. The average Bonchev–Trinajstić information content (AvgIpc) is 2.41. The number of ether oxygens (including phenoxy) is 1. The van der Waals surface area contributed by atoms with Crippen LogP contribution >= 0.6 is 0 Å². The van der Waals surface area contributed by atoms with Crippen LogP contribution in [0, 0.1) is 0 Å². The van der Waals surface area contributed by atoms with Crippen molar-refractivity contribution in [2.24, 2.45) is 5.73 Å². The molecule has 5 atom stereocenters. The van der Waals surface area contributed by atoms with Crippen LogP contribution in [0.4, 0.5) is 0 Å². The normalized spacial score (nSPS) is 19.3. The van der Waals surface area contributed by atoms with Gasteiger partial charge in [-0.1, -0.05) is 0 Å². The first-order valence-corrected chi connectivity index (χ1v) is 5.70. The van der Waals surface area contributed by atoms with Crippen molar-refractivity contribution in [2.45, 2.75) is 36.9 Å². The number of aliphatic hydroxyl groups is 6. The number of aliphatic hydroxyl groups excluding tert-OH is 6. The summed E-state index contributed by atoms with van der Waals surface area (Å²) in [5.74, 6) is -0.832. The molecule has 0 aromatic heterocycles. The van der Waals surface area contributed by atoms with Gasteiger partial charge in [-0.3, -0.25) is 4.79 Å². The highest BCUT2D eigenvalue weighted by molar-refractivity contribution is 5.69. The Labute approximate surface area is 109 Å². The van der Waals surface area contributed by atoms with E-state index in [-0.39, 0.29) is 13.0 Å². The second-order valence-corrected chi connectivity index (χ2v) is 4.08. The maximum Gasteiger partial charge on any atom is 0.308 e. The first-order chi connectivity index (χ1) is 8.83. The molecule has 9 nitrogen and oxygen atoms in total. The van der Waals surface area contributed by atoms with Crippen LogP contribution in [-0.4, -0.2) is 86.9 Å². The maximum absolute atomic E-state index is 11.1. The van der Waals surface area contributed by atoms with Crippen molar-refractivity contribution in [1.82, 2.24) is 0 Å². The summed E-state index contributed by atoms with van der Waals surface area (Å²) in [4.78, 5) is 11.1. The zero-order valence-electron chi connectivity index (χ0n) is 10.3. The largest absolute Gasteiger partial charge is 0.463 e. The summed E-state index contributed by atoms with van der Waals surface area (Å²) in [6.45, 7) is -1.55. The fourth-order valence-electron chi connectivity index (χ4n) is 1.17. The van der Waals surface area contributed by atoms with E-state index in [2.05, 4.69) is 4.74 Å². The third kappa shape index (κ3) is 6.78. The second kappa shape index (κ2) is 9.15. The van der Waals surface area contributed by atoms with Gasteiger partial charge in [0.15, 0.2) is 0 Å². The minimum atomic E-state index is -1.80. The van der Waals surface area contributed by atoms with E-state index in [0.29, 0.717) is 0 Å². The molecule has 19 heavy (non-hydrogen) atoms. The molecule has 0 aliphatic heterocycles. The molecule has 0 bridgehead atoms. The molecule has 0 aromatic rings. The van der Waals surface area contributed by atoms with Crippen LogP contribution in [0.25, 0.3) is 0 Å². The van der Waals surface area contributed by atoms with Crippen LogP contribution in [0.15, 0.2) is 0 Å². The average molecular weight is 283 g/mol.